The summed E-state index contributed by atoms with van der Waals surface area (Å²) in [4.78, 5) is 16.0. The lowest BCUT2D eigenvalue weighted by atomic mass is 10.2. The Kier molecular flexibility index (Phi) is 5.83. The number of ether oxygens (including phenoxy) is 1. The molecule has 2 aromatic rings. The normalized spacial score (nSPS) is 10.6. The molecule has 0 saturated carbocycles. The summed E-state index contributed by atoms with van der Waals surface area (Å²) in [5.41, 5.74) is 2.25. The number of thioether (sulfide) groups is 1. The van der Waals surface area contributed by atoms with E-state index in [1.54, 1.807) is 13.3 Å². The Hall–Kier alpha value is -1.79. The Bertz CT molecular complexity index is 598. The molecule has 6 heteroatoms. The molecule has 1 heterocycles. The summed E-state index contributed by atoms with van der Waals surface area (Å²) >= 11 is 1.42. The highest BCUT2D eigenvalue weighted by Crippen LogP contribution is 2.22. The van der Waals surface area contributed by atoms with E-state index in [4.69, 9.17) is 4.74 Å². The fourth-order valence-electron chi connectivity index (χ4n) is 1.89. The van der Waals surface area contributed by atoms with Crippen molar-refractivity contribution in [3.8, 4) is 5.69 Å². The molecule has 0 aliphatic carbocycles. The molecule has 1 aromatic heterocycles. The number of hydrogen-bond acceptors (Lipinski definition) is 4. The number of carbonyl (C=O) groups is 1. The molecule has 0 fully saturated rings. The van der Waals surface area contributed by atoms with Gasteiger partial charge in [-0.15, -0.1) is 0 Å². The predicted molar refractivity (Wildman–Crippen MR) is 83.9 cm³/mol. The number of nitrogens with one attached hydrogen (secondary N) is 1. The van der Waals surface area contributed by atoms with Gasteiger partial charge in [0.15, 0.2) is 5.16 Å². The third-order valence-corrected chi connectivity index (χ3v) is 3.91. The molecule has 21 heavy (non-hydrogen) atoms. The molecule has 1 N–H and O–H groups in total. The molecule has 0 atom stereocenters. The Morgan fingerprint density at radius 2 is 2.24 bits per heavy atom. The molecule has 0 saturated heterocycles. The van der Waals surface area contributed by atoms with Gasteiger partial charge in [0, 0.05) is 26.0 Å². The van der Waals surface area contributed by atoms with Crippen molar-refractivity contribution in [2.24, 2.45) is 0 Å². The van der Waals surface area contributed by atoms with Crippen molar-refractivity contribution < 1.29 is 9.53 Å². The Labute approximate surface area is 128 Å². The molecule has 5 nitrogen and oxygen atoms in total. The molecule has 0 aliphatic rings. The maximum atomic E-state index is 11.7. The van der Waals surface area contributed by atoms with Gasteiger partial charge in [-0.1, -0.05) is 30.0 Å². The third kappa shape index (κ3) is 4.34. The maximum absolute atomic E-state index is 11.7. The summed E-state index contributed by atoms with van der Waals surface area (Å²) in [5, 5.41) is 3.61. The molecule has 0 bridgehead atoms. The molecule has 1 amide bonds. The summed E-state index contributed by atoms with van der Waals surface area (Å²) in [5.74, 6) is 0.323. The van der Waals surface area contributed by atoms with Gasteiger partial charge in [0.25, 0.3) is 0 Å². The van der Waals surface area contributed by atoms with Gasteiger partial charge in [-0.05, 0) is 18.6 Å². The van der Waals surface area contributed by atoms with E-state index in [1.165, 1.54) is 17.3 Å². The highest BCUT2D eigenvalue weighted by Gasteiger charge is 2.09. The fourth-order valence-corrected chi connectivity index (χ4v) is 2.68. The van der Waals surface area contributed by atoms with Gasteiger partial charge in [0.2, 0.25) is 5.91 Å². The summed E-state index contributed by atoms with van der Waals surface area (Å²) in [6, 6.07) is 8.10. The average Bonchev–Trinajstić information content (AvgIpc) is 2.94. The van der Waals surface area contributed by atoms with Crippen molar-refractivity contribution in [1.82, 2.24) is 14.9 Å². The zero-order valence-corrected chi connectivity index (χ0v) is 13.0. The second-order valence-corrected chi connectivity index (χ2v) is 5.44. The largest absolute Gasteiger partial charge is 0.383 e. The molecular formula is C15H19N3O2S. The number of para-hydroxylation sites is 1. The molecule has 0 spiro atoms. The number of aryl methyl sites for hydroxylation is 1. The van der Waals surface area contributed by atoms with Crippen LogP contribution >= 0.6 is 11.8 Å². The second-order valence-electron chi connectivity index (χ2n) is 4.50. The number of carbonyl (C=O) groups excluding carboxylic acids is 1. The van der Waals surface area contributed by atoms with E-state index in [2.05, 4.69) is 23.3 Å². The lowest BCUT2D eigenvalue weighted by Gasteiger charge is -2.10. The molecule has 0 radical (unpaired) electrons. The zero-order chi connectivity index (χ0) is 15.1. The van der Waals surface area contributed by atoms with Gasteiger partial charge >= 0.3 is 0 Å². The van der Waals surface area contributed by atoms with E-state index in [0.29, 0.717) is 18.9 Å². The number of amides is 1. The highest BCUT2D eigenvalue weighted by atomic mass is 32.2. The minimum Gasteiger partial charge on any atom is -0.383 e. The lowest BCUT2D eigenvalue weighted by molar-refractivity contribution is -0.118. The number of hydrogen-bond donors (Lipinski definition) is 1. The van der Waals surface area contributed by atoms with Crippen LogP contribution in [0.4, 0.5) is 0 Å². The molecule has 0 aliphatic heterocycles. The van der Waals surface area contributed by atoms with Crippen LogP contribution in [0.3, 0.4) is 0 Å². The second kappa shape index (κ2) is 7.85. The number of nitrogens with zero attached hydrogens (tertiary/aromatic N) is 2. The zero-order valence-electron chi connectivity index (χ0n) is 12.2. The first-order valence-corrected chi connectivity index (χ1v) is 7.68. The Morgan fingerprint density at radius 3 is 3.00 bits per heavy atom. The van der Waals surface area contributed by atoms with E-state index in [0.717, 1.165) is 10.8 Å². The van der Waals surface area contributed by atoms with Gasteiger partial charge in [-0.3, -0.25) is 9.36 Å². The van der Waals surface area contributed by atoms with Crippen molar-refractivity contribution in [3.05, 3.63) is 42.2 Å². The van der Waals surface area contributed by atoms with Crippen molar-refractivity contribution >= 4 is 17.7 Å². The van der Waals surface area contributed by atoms with Crippen molar-refractivity contribution in [2.75, 3.05) is 26.0 Å². The van der Waals surface area contributed by atoms with Crippen LogP contribution in [-0.2, 0) is 9.53 Å². The summed E-state index contributed by atoms with van der Waals surface area (Å²) in [6.45, 7) is 3.11. The van der Waals surface area contributed by atoms with Crippen LogP contribution in [0, 0.1) is 6.92 Å². The van der Waals surface area contributed by atoms with Crippen molar-refractivity contribution in [1.29, 1.82) is 0 Å². The van der Waals surface area contributed by atoms with Crippen LogP contribution in [0.2, 0.25) is 0 Å². The Balaban J connectivity index is 1.98. The number of imidazole rings is 1. The van der Waals surface area contributed by atoms with E-state index in [1.807, 2.05) is 29.0 Å². The topological polar surface area (TPSA) is 56.1 Å². The maximum Gasteiger partial charge on any atom is 0.230 e. The SMILES string of the molecule is COCCNC(=O)CSc1nccn1-c1ccccc1C. The first-order chi connectivity index (χ1) is 10.2. The first kappa shape index (κ1) is 15.6. The van der Waals surface area contributed by atoms with E-state index >= 15 is 0 Å². The summed E-state index contributed by atoms with van der Waals surface area (Å²) < 4.78 is 6.90. The van der Waals surface area contributed by atoms with Crippen LogP contribution in [0.15, 0.2) is 41.8 Å². The molecule has 112 valence electrons. The number of methoxy groups -OCH3 is 1. The van der Waals surface area contributed by atoms with E-state index in [9.17, 15) is 4.79 Å². The quantitative estimate of drug-likeness (QED) is 0.628. The fraction of sp³-hybridized carbons (Fsp3) is 0.333. The van der Waals surface area contributed by atoms with E-state index in [-0.39, 0.29) is 5.91 Å². The van der Waals surface area contributed by atoms with Gasteiger partial charge in [0.05, 0.1) is 18.0 Å². The van der Waals surface area contributed by atoms with Crippen LogP contribution in [-0.4, -0.2) is 41.5 Å². The van der Waals surface area contributed by atoms with Crippen LogP contribution in [0.25, 0.3) is 5.69 Å². The van der Waals surface area contributed by atoms with Gasteiger partial charge in [-0.25, -0.2) is 4.98 Å². The monoisotopic (exact) mass is 305 g/mol. The number of benzene rings is 1. The minimum absolute atomic E-state index is 0.0172. The van der Waals surface area contributed by atoms with Gasteiger partial charge in [-0.2, -0.15) is 0 Å². The van der Waals surface area contributed by atoms with E-state index < -0.39 is 0 Å². The molecule has 2 rings (SSSR count). The summed E-state index contributed by atoms with van der Waals surface area (Å²) in [6.07, 6.45) is 3.66. The van der Waals surface area contributed by atoms with Gasteiger partial charge < -0.3 is 10.1 Å². The standard InChI is InChI=1S/C15H19N3O2S/c1-12-5-3-4-6-13(12)18-9-7-17-15(18)21-11-14(19)16-8-10-20-2/h3-7,9H,8,10-11H2,1-2H3,(H,16,19). The van der Waals surface area contributed by atoms with Crippen LogP contribution < -0.4 is 5.32 Å². The average molecular weight is 305 g/mol. The van der Waals surface area contributed by atoms with Crippen molar-refractivity contribution in [3.63, 3.8) is 0 Å². The highest BCUT2D eigenvalue weighted by molar-refractivity contribution is 7.99. The van der Waals surface area contributed by atoms with Gasteiger partial charge in [0.1, 0.15) is 0 Å². The molecular weight excluding hydrogens is 286 g/mol. The van der Waals surface area contributed by atoms with Crippen LogP contribution in [0.5, 0.6) is 0 Å². The lowest BCUT2D eigenvalue weighted by Crippen LogP contribution is -2.28. The van der Waals surface area contributed by atoms with Crippen molar-refractivity contribution in [2.45, 2.75) is 12.1 Å². The molecule has 1 aromatic carbocycles. The third-order valence-electron chi connectivity index (χ3n) is 2.94. The Morgan fingerprint density at radius 1 is 1.43 bits per heavy atom. The first-order valence-electron chi connectivity index (χ1n) is 6.70. The number of aromatic nitrogens is 2. The molecule has 0 unspecified atom stereocenters. The number of rotatable bonds is 7. The van der Waals surface area contributed by atoms with Crippen LogP contribution in [0.1, 0.15) is 5.56 Å². The minimum atomic E-state index is -0.0172. The predicted octanol–water partition coefficient (Wildman–Crippen LogP) is 2.04. The summed E-state index contributed by atoms with van der Waals surface area (Å²) in [7, 11) is 1.61. The smallest absolute Gasteiger partial charge is 0.230 e.